The minimum atomic E-state index is -0.491. The summed E-state index contributed by atoms with van der Waals surface area (Å²) in [6.07, 6.45) is 0.823. The van der Waals surface area contributed by atoms with Crippen molar-refractivity contribution >= 4 is 17.3 Å². The molecule has 1 aromatic rings. The van der Waals surface area contributed by atoms with Crippen LogP contribution in [0.5, 0.6) is 0 Å². The Hall–Kier alpha value is -2.11. The molecule has 0 unspecified atom stereocenters. The van der Waals surface area contributed by atoms with E-state index in [9.17, 15) is 14.9 Å². The van der Waals surface area contributed by atoms with Gasteiger partial charge in [0.2, 0.25) is 0 Å². The van der Waals surface area contributed by atoms with Gasteiger partial charge in [-0.25, -0.2) is 0 Å². The van der Waals surface area contributed by atoms with Gasteiger partial charge < -0.3 is 10.6 Å². The molecule has 2 N–H and O–H groups in total. The maximum Gasteiger partial charge on any atom is 0.293 e. The molecule has 0 aromatic heterocycles. The highest BCUT2D eigenvalue weighted by Crippen LogP contribution is 2.25. The first-order chi connectivity index (χ1) is 8.60. The van der Waals surface area contributed by atoms with E-state index < -0.39 is 4.92 Å². The molecule has 0 spiro atoms. The highest BCUT2D eigenvalue weighted by Gasteiger charge is 2.16. The second-order valence-corrected chi connectivity index (χ2v) is 3.78. The van der Waals surface area contributed by atoms with E-state index in [1.165, 1.54) is 6.07 Å². The molecule has 18 heavy (non-hydrogen) atoms. The Morgan fingerprint density at radius 2 is 2.11 bits per heavy atom. The number of hydrogen-bond acceptors (Lipinski definition) is 4. The third-order valence-electron chi connectivity index (χ3n) is 2.36. The van der Waals surface area contributed by atoms with E-state index in [-0.39, 0.29) is 11.6 Å². The van der Waals surface area contributed by atoms with Crippen LogP contribution in [0.2, 0.25) is 0 Å². The van der Waals surface area contributed by atoms with Gasteiger partial charge >= 0.3 is 0 Å². The SMILES string of the molecule is CCCNC(=O)c1ccc(NCC)c([N+](=O)[O-])c1. The van der Waals surface area contributed by atoms with Gasteiger partial charge in [0, 0.05) is 24.7 Å². The van der Waals surface area contributed by atoms with Crippen LogP contribution >= 0.6 is 0 Å². The van der Waals surface area contributed by atoms with Gasteiger partial charge in [-0.1, -0.05) is 6.92 Å². The number of carbonyl (C=O) groups is 1. The molecule has 98 valence electrons. The molecular weight excluding hydrogens is 234 g/mol. The molecular formula is C12H17N3O3. The topological polar surface area (TPSA) is 84.3 Å². The van der Waals surface area contributed by atoms with Crippen LogP contribution in [-0.2, 0) is 0 Å². The Balaban J connectivity index is 2.99. The zero-order valence-electron chi connectivity index (χ0n) is 10.5. The molecule has 1 rings (SSSR count). The number of nitrogens with zero attached hydrogens (tertiary/aromatic N) is 1. The number of nitro benzene ring substituents is 1. The van der Waals surface area contributed by atoms with E-state index in [1.807, 2.05) is 13.8 Å². The molecule has 0 atom stereocenters. The van der Waals surface area contributed by atoms with E-state index in [4.69, 9.17) is 0 Å². The Morgan fingerprint density at radius 3 is 2.67 bits per heavy atom. The summed E-state index contributed by atoms with van der Waals surface area (Å²) in [6.45, 7) is 4.94. The maximum atomic E-state index is 11.7. The summed E-state index contributed by atoms with van der Waals surface area (Å²) in [7, 11) is 0. The first kappa shape index (κ1) is 14.0. The lowest BCUT2D eigenvalue weighted by molar-refractivity contribution is -0.384. The lowest BCUT2D eigenvalue weighted by Gasteiger charge is -2.07. The van der Waals surface area contributed by atoms with Crippen molar-refractivity contribution < 1.29 is 9.72 Å². The number of benzene rings is 1. The van der Waals surface area contributed by atoms with Crippen LogP contribution in [0, 0.1) is 10.1 Å². The van der Waals surface area contributed by atoms with Gasteiger partial charge in [0.05, 0.1) is 4.92 Å². The number of carbonyl (C=O) groups excluding carboxylic acids is 1. The summed E-state index contributed by atoms with van der Waals surface area (Å²) in [5, 5.41) is 16.5. The van der Waals surface area contributed by atoms with Crippen molar-refractivity contribution in [2.75, 3.05) is 18.4 Å². The predicted molar refractivity (Wildman–Crippen MR) is 69.9 cm³/mol. The molecule has 6 heteroatoms. The second kappa shape index (κ2) is 6.58. The van der Waals surface area contributed by atoms with Crippen molar-refractivity contribution in [3.63, 3.8) is 0 Å². The number of nitrogens with one attached hydrogen (secondary N) is 2. The zero-order valence-corrected chi connectivity index (χ0v) is 10.5. The largest absolute Gasteiger partial charge is 0.380 e. The van der Waals surface area contributed by atoms with E-state index in [0.29, 0.717) is 24.3 Å². The van der Waals surface area contributed by atoms with Crippen LogP contribution in [0.25, 0.3) is 0 Å². The highest BCUT2D eigenvalue weighted by atomic mass is 16.6. The Bertz CT molecular complexity index is 446. The van der Waals surface area contributed by atoms with Crippen LogP contribution in [0.3, 0.4) is 0 Å². The predicted octanol–water partition coefficient (Wildman–Crippen LogP) is 2.17. The number of nitro groups is 1. The summed E-state index contributed by atoms with van der Waals surface area (Å²) in [5.41, 5.74) is 0.646. The quantitative estimate of drug-likeness (QED) is 0.599. The first-order valence-corrected chi connectivity index (χ1v) is 5.90. The molecule has 0 saturated heterocycles. The summed E-state index contributed by atoms with van der Waals surface area (Å²) in [5.74, 6) is -0.289. The second-order valence-electron chi connectivity index (χ2n) is 3.78. The van der Waals surface area contributed by atoms with E-state index in [0.717, 1.165) is 6.42 Å². The van der Waals surface area contributed by atoms with Crippen LogP contribution in [0.15, 0.2) is 18.2 Å². The van der Waals surface area contributed by atoms with Gasteiger partial charge in [-0.3, -0.25) is 14.9 Å². The van der Waals surface area contributed by atoms with Crippen LogP contribution in [-0.4, -0.2) is 23.9 Å². The molecule has 0 radical (unpaired) electrons. The van der Waals surface area contributed by atoms with Gasteiger partial charge in [0.15, 0.2) is 0 Å². The highest BCUT2D eigenvalue weighted by molar-refractivity contribution is 5.95. The molecule has 1 amide bonds. The number of anilines is 1. The smallest absolute Gasteiger partial charge is 0.293 e. The average molecular weight is 251 g/mol. The van der Waals surface area contributed by atoms with Crippen LogP contribution in [0.4, 0.5) is 11.4 Å². The number of rotatable bonds is 6. The molecule has 0 fully saturated rings. The number of amides is 1. The molecule has 0 bridgehead atoms. The fraction of sp³-hybridized carbons (Fsp3) is 0.417. The molecule has 6 nitrogen and oxygen atoms in total. The van der Waals surface area contributed by atoms with Crippen molar-refractivity contribution in [3.05, 3.63) is 33.9 Å². The molecule has 0 aliphatic carbocycles. The molecule has 0 aliphatic heterocycles. The van der Waals surface area contributed by atoms with E-state index >= 15 is 0 Å². The van der Waals surface area contributed by atoms with E-state index in [1.54, 1.807) is 12.1 Å². The fourth-order valence-corrected chi connectivity index (χ4v) is 1.50. The minimum absolute atomic E-state index is 0.0824. The Morgan fingerprint density at radius 1 is 1.39 bits per heavy atom. The van der Waals surface area contributed by atoms with Crippen LogP contribution < -0.4 is 10.6 Å². The Kier molecular flexibility index (Phi) is 5.10. The van der Waals surface area contributed by atoms with Gasteiger partial charge in [-0.05, 0) is 25.5 Å². The third-order valence-corrected chi connectivity index (χ3v) is 2.36. The lowest BCUT2D eigenvalue weighted by atomic mass is 10.1. The van der Waals surface area contributed by atoms with Gasteiger partial charge in [0.1, 0.15) is 5.69 Å². The summed E-state index contributed by atoms with van der Waals surface area (Å²) >= 11 is 0. The lowest BCUT2D eigenvalue weighted by Crippen LogP contribution is -2.24. The molecule has 0 saturated carbocycles. The average Bonchev–Trinajstić information content (AvgIpc) is 2.36. The van der Waals surface area contributed by atoms with E-state index in [2.05, 4.69) is 10.6 Å². The van der Waals surface area contributed by atoms with Gasteiger partial charge in [-0.15, -0.1) is 0 Å². The maximum absolute atomic E-state index is 11.7. The fourth-order valence-electron chi connectivity index (χ4n) is 1.50. The van der Waals surface area contributed by atoms with Crippen molar-refractivity contribution in [1.82, 2.24) is 5.32 Å². The van der Waals surface area contributed by atoms with Crippen molar-refractivity contribution in [1.29, 1.82) is 0 Å². The van der Waals surface area contributed by atoms with Crippen molar-refractivity contribution in [2.45, 2.75) is 20.3 Å². The summed E-state index contributed by atoms with van der Waals surface area (Å²) in [4.78, 5) is 22.1. The molecule has 1 aromatic carbocycles. The first-order valence-electron chi connectivity index (χ1n) is 5.90. The Labute approximate surface area is 106 Å². The molecule has 0 aliphatic rings. The number of hydrogen-bond donors (Lipinski definition) is 2. The molecule has 0 heterocycles. The van der Waals surface area contributed by atoms with Gasteiger partial charge in [0.25, 0.3) is 11.6 Å². The summed E-state index contributed by atoms with van der Waals surface area (Å²) in [6, 6.07) is 4.43. The zero-order chi connectivity index (χ0) is 13.5. The van der Waals surface area contributed by atoms with Crippen molar-refractivity contribution in [2.24, 2.45) is 0 Å². The van der Waals surface area contributed by atoms with Crippen LogP contribution in [0.1, 0.15) is 30.6 Å². The summed E-state index contributed by atoms with van der Waals surface area (Å²) < 4.78 is 0. The normalized spacial score (nSPS) is 9.89. The third kappa shape index (κ3) is 3.44. The van der Waals surface area contributed by atoms with Crippen molar-refractivity contribution in [3.8, 4) is 0 Å². The monoisotopic (exact) mass is 251 g/mol. The standard InChI is InChI=1S/C12H17N3O3/c1-3-7-14-12(16)9-5-6-10(13-4-2)11(8-9)15(17)18/h5-6,8,13H,3-4,7H2,1-2H3,(H,14,16). The van der Waals surface area contributed by atoms with Gasteiger partial charge in [-0.2, -0.15) is 0 Å². The minimum Gasteiger partial charge on any atom is -0.380 e.